The number of rotatable bonds is 4. The zero-order chi connectivity index (χ0) is 13.2. The first-order chi connectivity index (χ1) is 7.74. The smallest absolute Gasteiger partial charge is 0.242 e. The molecule has 0 spiro atoms. The van der Waals surface area contributed by atoms with Crippen LogP contribution in [0.1, 0.15) is 19.4 Å². The van der Waals surface area contributed by atoms with Gasteiger partial charge in [-0.3, -0.25) is 4.79 Å². The van der Waals surface area contributed by atoms with Gasteiger partial charge in [0.15, 0.2) is 0 Å². The summed E-state index contributed by atoms with van der Waals surface area (Å²) in [5.41, 5.74) is 10.2. The van der Waals surface area contributed by atoms with Gasteiger partial charge in [0, 0.05) is 11.3 Å². The molecule has 0 bridgehead atoms. The Morgan fingerprint density at radius 3 is 2.41 bits per heavy atom. The second-order valence-corrected chi connectivity index (χ2v) is 4.61. The molecule has 17 heavy (non-hydrogen) atoms. The Morgan fingerprint density at radius 2 is 2.00 bits per heavy atom. The minimum atomic E-state index is -0.961. The van der Waals surface area contributed by atoms with E-state index < -0.39 is 17.3 Å². The minimum absolute atomic E-state index is 0.0109. The maximum absolute atomic E-state index is 13.6. The van der Waals surface area contributed by atoms with Crippen LogP contribution in [-0.2, 0) is 4.79 Å². The number of hydrogen-bond acceptors (Lipinski definition) is 3. The predicted octanol–water partition coefficient (Wildman–Crippen LogP) is 1.14. The van der Waals surface area contributed by atoms with E-state index in [2.05, 4.69) is 17.5 Å². The highest BCUT2D eigenvalue weighted by Crippen LogP contribution is 2.18. The topological polar surface area (TPSA) is 81.1 Å². The summed E-state index contributed by atoms with van der Waals surface area (Å²) >= 11 is 4.69. The standard InChI is InChI=1S/C11H14FN3OS/c1-11(2,10(14)16)15-6-3-4-7(9(13)17)8(12)5-6/h3-5,15H,1-2H3,(H2,13,17)(H2,14,16). The van der Waals surface area contributed by atoms with Gasteiger partial charge in [-0.15, -0.1) is 0 Å². The fourth-order valence-corrected chi connectivity index (χ4v) is 1.38. The van der Waals surface area contributed by atoms with Crippen molar-refractivity contribution in [3.05, 3.63) is 29.6 Å². The van der Waals surface area contributed by atoms with Crippen LogP contribution in [0, 0.1) is 5.82 Å². The highest BCUT2D eigenvalue weighted by atomic mass is 32.1. The maximum Gasteiger partial charge on any atom is 0.242 e. The SMILES string of the molecule is CC(C)(Nc1ccc(C(N)=S)c(F)c1)C(N)=O. The van der Waals surface area contributed by atoms with Crippen molar-refractivity contribution in [2.45, 2.75) is 19.4 Å². The van der Waals surface area contributed by atoms with Crippen LogP contribution in [0.5, 0.6) is 0 Å². The molecule has 5 N–H and O–H groups in total. The van der Waals surface area contributed by atoms with Gasteiger partial charge < -0.3 is 16.8 Å². The van der Waals surface area contributed by atoms with Crippen molar-refractivity contribution in [1.29, 1.82) is 0 Å². The van der Waals surface area contributed by atoms with E-state index in [0.29, 0.717) is 5.69 Å². The fourth-order valence-electron chi connectivity index (χ4n) is 1.22. The highest BCUT2D eigenvalue weighted by Gasteiger charge is 2.24. The van der Waals surface area contributed by atoms with Gasteiger partial charge in [-0.05, 0) is 32.0 Å². The number of halogens is 1. The number of amides is 1. The molecule has 0 saturated heterocycles. The third-order valence-corrected chi connectivity index (χ3v) is 2.53. The second kappa shape index (κ2) is 4.67. The number of primary amides is 1. The first-order valence-electron chi connectivity index (χ1n) is 4.91. The molecule has 1 rings (SSSR count). The van der Waals surface area contributed by atoms with E-state index in [9.17, 15) is 9.18 Å². The van der Waals surface area contributed by atoms with Gasteiger partial charge in [0.1, 0.15) is 16.3 Å². The molecule has 0 fully saturated rings. The summed E-state index contributed by atoms with van der Waals surface area (Å²) in [6.45, 7) is 3.21. The van der Waals surface area contributed by atoms with Crippen LogP contribution in [0.25, 0.3) is 0 Å². The van der Waals surface area contributed by atoms with Crippen molar-refractivity contribution in [3.8, 4) is 0 Å². The lowest BCUT2D eigenvalue weighted by molar-refractivity contribution is -0.121. The summed E-state index contributed by atoms with van der Waals surface area (Å²) in [6, 6.07) is 4.26. The molecule has 92 valence electrons. The number of nitrogens with one attached hydrogen (secondary N) is 1. The zero-order valence-electron chi connectivity index (χ0n) is 9.58. The molecular weight excluding hydrogens is 241 g/mol. The normalized spacial score (nSPS) is 11.0. The number of carbonyl (C=O) groups excluding carboxylic acids is 1. The number of anilines is 1. The summed E-state index contributed by atoms with van der Waals surface area (Å²) in [6.07, 6.45) is 0. The summed E-state index contributed by atoms with van der Waals surface area (Å²) in [5, 5.41) is 2.83. The number of benzene rings is 1. The van der Waals surface area contributed by atoms with Crippen LogP contribution < -0.4 is 16.8 Å². The molecule has 0 saturated carbocycles. The Morgan fingerprint density at radius 1 is 1.41 bits per heavy atom. The molecule has 6 heteroatoms. The van der Waals surface area contributed by atoms with Crippen LogP contribution in [0.4, 0.5) is 10.1 Å². The van der Waals surface area contributed by atoms with Crippen LogP contribution in [-0.4, -0.2) is 16.4 Å². The first kappa shape index (κ1) is 13.4. The molecular formula is C11H14FN3OS. The van der Waals surface area contributed by atoms with Gasteiger partial charge in [-0.25, -0.2) is 4.39 Å². The Labute approximate surface area is 104 Å². The van der Waals surface area contributed by atoms with Gasteiger partial charge in [0.25, 0.3) is 0 Å². The molecule has 0 heterocycles. The Bertz CT molecular complexity index is 474. The average Bonchev–Trinajstić information content (AvgIpc) is 2.15. The average molecular weight is 255 g/mol. The van der Waals surface area contributed by atoms with E-state index >= 15 is 0 Å². The van der Waals surface area contributed by atoms with Crippen molar-refractivity contribution in [3.63, 3.8) is 0 Å². The van der Waals surface area contributed by atoms with E-state index in [0.717, 1.165) is 0 Å². The van der Waals surface area contributed by atoms with E-state index in [1.54, 1.807) is 19.9 Å². The Balaban J connectivity index is 2.99. The zero-order valence-corrected chi connectivity index (χ0v) is 10.4. The third-order valence-electron chi connectivity index (χ3n) is 2.31. The highest BCUT2D eigenvalue weighted by molar-refractivity contribution is 7.80. The van der Waals surface area contributed by atoms with Gasteiger partial charge in [0.2, 0.25) is 5.91 Å². The van der Waals surface area contributed by atoms with Crippen molar-refractivity contribution in [2.24, 2.45) is 11.5 Å². The molecule has 0 aromatic heterocycles. The molecule has 0 unspecified atom stereocenters. The van der Waals surface area contributed by atoms with E-state index in [4.69, 9.17) is 11.5 Å². The number of carbonyl (C=O) groups is 1. The summed E-state index contributed by atoms with van der Waals surface area (Å²) < 4.78 is 13.6. The number of nitrogens with two attached hydrogens (primary N) is 2. The van der Waals surface area contributed by atoms with Gasteiger partial charge >= 0.3 is 0 Å². The quantitative estimate of drug-likeness (QED) is 0.705. The molecule has 0 aliphatic rings. The van der Waals surface area contributed by atoms with Crippen molar-refractivity contribution in [2.75, 3.05) is 5.32 Å². The van der Waals surface area contributed by atoms with Gasteiger partial charge in [-0.2, -0.15) is 0 Å². The van der Waals surface area contributed by atoms with E-state index in [-0.39, 0.29) is 10.6 Å². The molecule has 4 nitrogen and oxygen atoms in total. The minimum Gasteiger partial charge on any atom is -0.389 e. The van der Waals surface area contributed by atoms with Crippen molar-refractivity contribution >= 4 is 28.8 Å². The summed E-state index contributed by atoms with van der Waals surface area (Å²) in [5.74, 6) is -1.07. The molecule has 1 aromatic rings. The first-order valence-corrected chi connectivity index (χ1v) is 5.32. The molecule has 1 aromatic carbocycles. The van der Waals surface area contributed by atoms with E-state index in [1.165, 1.54) is 12.1 Å². The van der Waals surface area contributed by atoms with Crippen LogP contribution in [0.2, 0.25) is 0 Å². The molecule has 0 aliphatic heterocycles. The van der Waals surface area contributed by atoms with Crippen LogP contribution in [0.3, 0.4) is 0 Å². The van der Waals surface area contributed by atoms with E-state index in [1.807, 2.05) is 0 Å². The molecule has 0 radical (unpaired) electrons. The molecule has 1 amide bonds. The molecule has 0 aliphatic carbocycles. The van der Waals surface area contributed by atoms with Gasteiger partial charge in [-0.1, -0.05) is 12.2 Å². The van der Waals surface area contributed by atoms with Crippen LogP contribution >= 0.6 is 12.2 Å². The Hall–Kier alpha value is -1.69. The lowest BCUT2D eigenvalue weighted by atomic mass is 10.0. The number of hydrogen-bond donors (Lipinski definition) is 3. The van der Waals surface area contributed by atoms with Gasteiger partial charge in [0.05, 0.1) is 0 Å². The van der Waals surface area contributed by atoms with Crippen molar-refractivity contribution in [1.82, 2.24) is 0 Å². The fraction of sp³-hybridized carbons (Fsp3) is 0.273. The third kappa shape index (κ3) is 3.13. The lowest BCUT2D eigenvalue weighted by Crippen LogP contribution is -2.45. The summed E-state index contributed by atoms with van der Waals surface area (Å²) in [4.78, 5) is 11.1. The monoisotopic (exact) mass is 255 g/mol. The summed E-state index contributed by atoms with van der Waals surface area (Å²) in [7, 11) is 0. The Kier molecular flexibility index (Phi) is 3.67. The van der Waals surface area contributed by atoms with Crippen molar-refractivity contribution < 1.29 is 9.18 Å². The number of thiocarbonyl (C=S) groups is 1. The molecule has 0 atom stereocenters. The predicted molar refractivity (Wildman–Crippen MR) is 69.2 cm³/mol. The lowest BCUT2D eigenvalue weighted by Gasteiger charge is -2.23. The second-order valence-electron chi connectivity index (χ2n) is 4.17. The van der Waals surface area contributed by atoms with Crippen LogP contribution in [0.15, 0.2) is 18.2 Å². The largest absolute Gasteiger partial charge is 0.389 e. The maximum atomic E-state index is 13.6.